The van der Waals surface area contributed by atoms with E-state index >= 15 is 0 Å². The van der Waals surface area contributed by atoms with Crippen molar-refractivity contribution < 1.29 is 33.8 Å². The fourth-order valence-corrected chi connectivity index (χ4v) is 4.47. The number of carbonyl (C=O) groups is 4. The van der Waals surface area contributed by atoms with Gasteiger partial charge in [-0.2, -0.15) is 0 Å². The molecule has 4 unspecified atom stereocenters. The molecule has 170 valence electrons. The SMILES string of the molecule is CCC(C)(CC(C)(C(=O)OCCO)C1C(=O)N(c2ccccc2)C(=O)C1C)C(=O)OC. The van der Waals surface area contributed by atoms with E-state index in [1.807, 2.05) is 0 Å². The fraction of sp³-hybridized carbons (Fsp3) is 0.565. The van der Waals surface area contributed by atoms with Crippen molar-refractivity contribution in [3.8, 4) is 0 Å². The Labute approximate surface area is 182 Å². The number of hydrogen-bond donors (Lipinski definition) is 1. The van der Waals surface area contributed by atoms with Crippen molar-refractivity contribution in [2.75, 3.05) is 25.2 Å². The Kier molecular flexibility index (Phi) is 7.59. The molecule has 1 aromatic carbocycles. The molecule has 2 rings (SSSR count). The van der Waals surface area contributed by atoms with Crippen LogP contribution in [0.5, 0.6) is 0 Å². The van der Waals surface area contributed by atoms with E-state index in [1.54, 1.807) is 58.0 Å². The molecule has 1 N–H and O–H groups in total. The number of nitrogens with zero attached hydrogens (tertiary/aromatic N) is 1. The van der Waals surface area contributed by atoms with Gasteiger partial charge in [0.05, 0.1) is 36.2 Å². The number of ether oxygens (including phenoxy) is 2. The van der Waals surface area contributed by atoms with Crippen molar-refractivity contribution >= 4 is 29.4 Å². The molecular weight excluding hydrogens is 402 g/mol. The summed E-state index contributed by atoms with van der Waals surface area (Å²) in [5.74, 6) is -4.03. The summed E-state index contributed by atoms with van der Waals surface area (Å²) < 4.78 is 10.2. The van der Waals surface area contributed by atoms with E-state index in [-0.39, 0.29) is 19.6 Å². The van der Waals surface area contributed by atoms with Crippen LogP contribution in [-0.2, 0) is 28.7 Å². The molecule has 1 fully saturated rings. The van der Waals surface area contributed by atoms with Gasteiger partial charge in [0.25, 0.3) is 0 Å². The lowest BCUT2D eigenvalue weighted by Gasteiger charge is -2.39. The highest BCUT2D eigenvalue weighted by molar-refractivity contribution is 6.23. The van der Waals surface area contributed by atoms with Crippen molar-refractivity contribution in [3.63, 3.8) is 0 Å². The third-order valence-corrected chi connectivity index (χ3v) is 6.30. The lowest BCUT2D eigenvalue weighted by Crippen LogP contribution is -2.48. The number of aliphatic hydroxyl groups excluding tert-OH is 1. The second-order valence-electron chi connectivity index (χ2n) is 8.47. The van der Waals surface area contributed by atoms with E-state index in [1.165, 1.54) is 7.11 Å². The van der Waals surface area contributed by atoms with Crippen molar-refractivity contribution in [1.82, 2.24) is 0 Å². The van der Waals surface area contributed by atoms with Gasteiger partial charge in [-0.15, -0.1) is 0 Å². The predicted molar refractivity (Wildman–Crippen MR) is 113 cm³/mol. The van der Waals surface area contributed by atoms with Crippen LogP contribution in [0.1, 0.15) is 40.5 Å². The first-order valence-electron chi connectivity index (χ1n) is 10.4. The van der Waals surface area contributed by atoms with E-state index < -0.39 is 46.4 Å². The molecule has 31 heavy (non-hydrogen) atoms. The molecule has 0 aliphatic carbocycles. The standard InChI is InChI=1S/C23H31NO7/c1-6-22(3,20(28)30-5)14-23(4,21(29)31-13-12-25)17-15(2)18(26)24(19(17)27)16-10-8-7-9-11-16/h7-11,15,17,25H,6,12-14H2,1-5H3. The van der Waals surface area contributed by atoms with Crippen molar-refractivity contribution in [1.29, 1.82) is 0 Å². The normalized spacial score (nSPS) is 22.6. The number of benzene rings is 1. The second-order valence-corrected chi connectivity index (χ2v) is 8.47. The number of rotatable bonds is 9. The van der Waals surface area contributed by atoms with Gasteiger partial charge in [-0.05, 0) is 38.8 Å². The summed E-state index contributed by atoms with van der Waals surface area (Å²) in [4.78, 5) is 53.4. The third-order valence-electron chi connectivity index (χ3n) is 6.30. The minimum absolute atomic E-state index is 0.0515. The quantitative estimate of drug-likeness (QED) is 0.470. The molecule has 1 aliphatic rings. The number of anilines is 1. The number of carbonyl (C=O) groups excluding carboxylic acids is 4. The van der Waals surface area contributed by atoms with Gasteiger partial charge in [-0.1, -0.05) is 32.0 Å². The Morgan fingerprint density at radius 3 is 2.23 bits per heavy atom. The summed E-state index contributed by atoms with van der Waals surface area (Å²) in [7, 11) is 1.27. The van der Waals surface area contributed by atoms with Crippen LogP contribution < -0.4 is 4.90 Å². The van der Waals surface area contributed by atoms with Crippen LogP contribution in [0.15, 0.2) is 30.3 Å². The maximum absolute atomic E-state index is 13.5. The smallest absolute Gasteiger partial charge is 0.312 e. The molecule has 0 radical (unpaired) electrons. The van der Waals surface area contributed by atoms with Gasteiger partial charge in [0, 0.05) is 5.92 Å². The van der Waals surface area contributed by atoms with Gasteiger partial charge in [0.15, 0.2) is 0 Å². The van der Waals surface area contributed by atoms with Crippen LogP contribution in [0, 0.1) is 22.7 Å². The number of para-hydroxylation sites is 1. The second kappa shape index (κ2) is 9.60. The monoisotopic (exact) mass is 433 g/mol. The zero-order chi connectivity index (χ0) is 23.4. The third kappa shape index (κ3) is 4.49. The van der Waals surface area contributed by atoms with E-state index in [0.29, 0.717) is 12.1 Å². The van der Waals surface area contributed by atoms with Gasteiger partial charge >= 0.3 is 11.9 Å². The van der Waals surface area contributed by atoms with Gasteiger partial charge < -0.3 is 14.6 Å². The van der Waals surface area contributed by atoms with E-state index in [4.69, 9.17) is 14.6 Å². The zero-order valence-electron chi connectivity index (χ0n) is 18.7. The van der Waals surface area contributed by atoms with Gasteiger partial charge in [-0.3, -0.25) is 24.1 Å². The molecule has 8 heteroatoms. The van der Waals surface area contributed by atoms with E-state index in [9.17, 15) is 19.2 Å². The van der Waals surface area contributed by atoms with Crippen LogP contribution in [0.2, 0.25) is 0 Å². The first kappa shape index (κ1) is 24.5. The molecule has 1 saturated heterocycles. The Morgan fingerprint density at radius 2 is 1.71 bits per heavy atom. The molecule has 0 spiro atoms. The first-order valence-corrected chi connectivity index (χ1v) is 10.4. The Morgan fingerprint density at radius 1 is 1.10 bits per heavy atom. The van der Waals surface area contributed by atoms with Gasteiger partial charge in [0.2, 0.25) is 11.8 Å². The predicted octanol–water partition coefficient (Wildman–Crippen LogP) is 2.33. The molecule has 1 aliphatic heterocycles. The molecule has 0 aromatic heterocycles. The minimum Gasteiger partial charge on any atom is -0.469 e. The zero-order valence-corrected chi connectivity index (χ0v) is 18.7. The Hall–Kier alpha value is -2.74. The highest BCUT2D eigenvalue weighted by Gasteiger charge is 2.60. The molecule has 1 aromatic rings. The average molecular weight is 434 g/mol. The molecule has 8 nitrogen and oxygen atoms in total. The number of imide groups is 1. The van der Waals surface area contributed by atoms with Crippen LogP contribution in [0.4, 0.5) is 5.69 Å². The van der Waals surface area contributed by atoms with Gasteiger partial charge in [-0.25, -0.2) is 0 Å². The first-order chi connectivity index (χ1) is 14.6. The topological polar surface area (TPSA) is 110 Å². The molecule has 0 saturated carbocycles. The van der Waals surface area contributed by atoms with E-state index in [0.717, 1.165) is 4.90 Å². The van der Waals surface area contributed by atoms with Crippen molar-refractivity contribution in [2.45, 2.75) is 40.5 Å². The van der Waals surface area contributed by atoms with Crippen LogP contribution in [0.3, 0.4) is 0 Å². The number of hydrogen-bond acceptors (Lipinski definition) is 7. The van der Waals surface area contributed by atoms with Crippen molar-refractivity contribution in [3.05, 3.63) is 30.3 Å². The summed E-state index contributed by atoms with van der Waals surface area (Å²) in [5.41, 5.74) is -2.15. The summed E-state index contributed by atoms with van der Waals surface area (Å²) in [6, 6.07) is 8.50. The number of aliphatic hydroxyl groups is 1. The number of esters is 2. The molecule has 4 atom stereocenters. The Bertz CT molecular complexity index is 840. The summed E-state index contributed by atoms with van der Waals surface area (Å²) in [6.07, 6.45) is 0.304. The summed E-state index contributed by atoms with van der Waals surface area (Å²) in [6.45, 7) is 5.97. The average Bonchev–Trinajstić information content (AvgIpc) is 3.00. The van der Waals surface area contributed by atoms with Crippen molar-refractivity contribution in [2.24, 2.45) is 22.7 Å². The van der Waals surface area contributed by atoms with Crippen LogP contribution in [0.25, 0.3) is 0 Å². The lowest BCUT2D eigenvalue weighted by molar-refractivity contribution is -0.169. The fourth-order valence-electron chi connectivity index (χ4n) is 4.47. The maximum Gasteiger partial charge on any atom is 0.312 e. The Balaban J connectivity index is 2.55. The molecule has 1 heterocycles. The molecule has 0 bridgehead atoms. The molecular formula is C23H31NO7. The highest BCUT2D eigenvalue weighted by Crippen LogP contribution is 2.49. The van der Waals surface area contributed by atoms with E-state index in [2.05, 4.69) is 0 Å². The number of amides is 2. The van der Waals surface area contributed by atoms with Crippen LogP contribution >= 0.6 is 0 Å². The van der Waals surface area contributed by atoms with Crippen LogP contribution in [-0.4, -0.2) is 49.2 Å². The summed E-state index contributed by atoms with van der Waals surface area (Å²) in [5, 5.41) is 9.11. The largest absolute Gasteiger partial charge is 0.469 e. The highest BCUT2D eigenvalue weighted by atomic mass is 16.5. The van der Waals surface area contributed by atoms with Gasteiger partial charge in [0.1, 0.15) is 6.61 Å². The minimum atomic E-state index is -1.50. The number of methoxy groups -OCH3 is 1. The molecule has 2 amide bonds. The lowest BCUT2D eigenvalue weighted by atomic mass is 9.63. The summed E-state index contributed by atoms with van der Waals surface area (Å²) >= 11 is 0. The maximum atomic E-state index is 13.5.